The van der Waals surface area contributed by atoms with Crippen LogP contribution in [0.5, 0.6) is 0 Å². The first-order valence-corrected chi connectivity index (χ1v) is 17.8. The first-order chi connectivity index (χ1) is 19.6. The Bertz CT molecular complexity index is 927. The molecule has 4 aliphatic rings. The van der Waals surface area contributed by atoms with Gasteiger partial charge in [-0.05, 0) is 73.7 Å². The summed E-state index contributed by atoms with van der Waals surface area (Å²) >= 11 is 8.11. The highest BCUT2D eigenvalue weighted by Gasteiger charge is 2.51. The molecule has 3 atom stereocenters. The van der Waals surface area contributed by atoms with Crippen molar-refractivity contribution < 1.29 is 4.79 Å². The molecule has 2 aliphatic heterocycles. The number of carbonyl (C=O) groups excluding carboxylic acids is 1. The molecule has 1 spiro atoms. The second kappa shape index (κ2) is 15.1. The minimum Gasteiger partial charge on any atom is -0.328 e. The van der Waals surface area contributed by atoms with E-state index < -0.39 is 4.99 Å². The minimum atomic E-state index is -0.516. The van der Waals surface area contributed by atoms with Gasteiger partial charge in [-0.15, -0.1) is 0 Å². The summed E-state index contributed by atoms with van der Waals surface area (Å²) in [6, 6.07) is 8.11. The predicted molar refractivity (Wildman–Crippen MR) is 169 cm³/mol. The van der Waals surface area contributed by atoms with Gasteiger partial charge in [-0.2, -0.15) is 0 Å². The van der Waals surface area contributed by atoms with Gasteiger partial charge in [0.05, 0.1) is 12.1 Å². The van der Waals surface area contributed by atoms with E-state index in [0.29, 0.717) is 5.92 Å². The van der Waals surface area contributed by atoms with Crippen LogP contribution in [0.25, 0.3) is 0 Å². The monoisotopic (exact) mass is 588 g/mol. The minimum absolute atomic E-state index is 0.0321. The normalized spacial score (nSPS) is 31.4. The molecule has 0 radical (unpaired) electrons. The molecule has 224 valence electrons. The van der Waals surface area contributed by atoms with Crippen molar-refractivity contribution in [2.45, 2.75) is 133 Å². The number of nitrogens with one attached hydrogen (secondary N) is 4. The van der Waals surface area contributed by atoms with Gasteiger partial charge >= 0.3 is 0 Å². The van der Waals surface area contributed by atoms with E-state index in [1.165, 1.54) is 103 Å². The summed E-state index contributed by atoms with van der Waals surface area (Å²) in [7, 11) is 0. The maximum atomic E-state index is 14.5. The third-order valence-corrected chi connectivity index (χ3v) is 11.9. The molecule has 7 heteroatoms. The smallest absolute Gasteiger partial charge is 0.227 e. The third kappa shape index (κ3) is 7.78. The topological polar surface area (TPSA) is 65.2 Å². The summed E-state index contributed by atoms with van der Waals surface area (Å²) in [6.45, 7) is 1.85. The van der Waals surface area contributed by atoms with Gasteiger partial charge in [0, 0.05) is 17.5 Å². The molecule has 1 aromatic carbocycles. The van der Waals surface area contributed by atoms with E-state index in [0.717, 1.165) is 42.9 Å². The lowest BCUT2D eigenvalue weighted by atomic mass is 9.64. The Morgan fingerprint density at radius 2 is 1.48 bits per heavy atom. The Morgan fingerprint density at radius 1 is 0.850 bits per heavy atom. The molecule has 2 saturated heterocycles. The maximum absolute atomic E-state index is 14.5. The zero-order chi connectivity index (χ0) is 27.7. The lowest BCUT2D eigenvalue weighted by Gasteiger charge is -2.46. The van der Waals surface area contributed by atoms with E-state index in [2.05, 4.69) is 26.7 Å². The van der Waals surface area contributed by atoms with Crippen molar-refractivity contribution in [3.63, 3.8) is 0 Å². The van der Waals surface area contributed by atoms with Gasteiger partial charge in [0.1, 0.15) is 0 Å². The van der Waals surface area contributed by atoms with Crippen molar-refractivity contribution in [2.24, 2.45) is 17.3 Å². The van der Waals surface area contributed by atoms with Crippen molar-refractivity contribution in [2.75, 3.05) is 13.1 Å². The van der Waals surface area contributed by atoms with Crippen LogP contribution in [0.1, 0.15) is 134 Å². The number of carbonyl (C=O) groups is 1. The molecule has 1 aromatic rings. The molecule has 2 heterocycles. The molecule has 4 fully saturated rings. The number of hydrogen-bond acceptors (Lipinski definition) is 5. The number of benzene rings is 1. The second-order valence-corrected chi connectivity index (χ2v) is 14.7. The molecule has 3 unspecified atom stereocenters. The summed E-state index contributed by atoms with van der Waals surface area (Å²) in [5.41, 5.74) is 1.26. The van der Waals surface area contributed by atoms with Crippen LogP contribution in [0, 0.1) is 17.3 Å². The molecule has 0 aromatic heterocycles. The van der Waals surface area contributed by atoms with Crippen molar-refractivity contribution in [1.29, 1.82) is 0 Å². The number of amides is 1. The number of rotatable bonds is 4. The summed E-state index contributed by atoms with van der Waals surface area (Å²) in [6.07, 6.45) is 24.2. The lowest BCUT2D eigenvalue weighted by Crippen LogP contribution is -2.62. The first kappa shape index (κ1) is 30.7. The highest BCUT2D eigenvalue weighted by Crippen LogP contribution is 2.47. The summed E-state index contributed by atoms with van der Waals surface area (Å²) in [5, 5.41) is 12.1. The van der Waals surface area contributed by atoms with Gasteiger partial charge in [-0.3, -0.25) is 10.1 Å². The molecular weight excluding hydrogens is 536 g/mol. The molecule has 5 nitrogen and oxygen atoms in total. The zero-order valence-electron chi connectivity index (χ0n) is 24.6. The average molecular weight is 589 g/mol. The summed E-state index contributed by atoms with van der Waals surface area (Å²) in [4.78, 5) is 14.0. The number of halogens is 1. The number of piperidine rings is 1. The van der Waals surface area contributed by atoms with Crippen LogP contribution >= 0.6 is 23.5 Å². The highest BCUT2D eigenvalue weighted by molar-refractivity contribution is 7.99. The fraction of sp³-hybridized carbons (Fsp3) is 0.788. The summed E-state index contributed by atoms with van der Waals surface area (Å²) < 4.78 is 3.68. The van der Waals surface area contributed by atoms with Crippen LogP contribution in [0.2, 0.25) is 5.02 Å². The lowest BCUT2D eigenvalue weighted by molar-refractivity contribution is -0.133. The highest BCUT2D eigenvalue weighted by atomic mass is 35.5. The molecular formula is C33H53ClN4OS. The summed E-state index contributed by atoms with van der Waals surface area (Å²) in [5.74, 6) is 0.674. The standard InChI is InChI=1S/C33H53ClN4OS/c34-28-19-15-16-26(24-28)30-36-33(40-38-30,27-17-11-7-3-1-4-8-12-18-27)37-31(39)29-25-35-23-22-32(29)20-13-9-5-2-6-10-14-21-32/h15-16,19,24,27,29-30,35-36,38H,1-14,17-18,20-23,25H2,(H,37,39). The molecule has 5 rings (SSSR count). The van der Waals surface area contributed by atoms with Crippen LogP contribution in [-0.4, -0.2) is 24.0 Å². The van der Waals surface area contributed by atoms with Gasteiger partial charge in [-0.1, -0.05) is 114 Å². The molecule has 4 N–H and O–H groups in total. The van der Waals surface area contributed by atoms with E-state index in [4.69, 9.17) is 11.6 Å². The first-order valence-electron chi connectivity index (χ1n) is 16.6. The van der Waals surface area contributed by atoms with E-state index in [1.807, 2.05) is 18.2 Å². The van der Waals surface area contributed by atoms with Crippen LogP contribution < -0.4 is 20.7 Å². The van der Waals surface area contributed by atoms with Gasteiger partial charge < -0.3 is 10.6 Å². The largest absolute Gasteiger partial charge is 0.328 e. The van der Waals surface area contributed by atoms with Crippen molar-refractivity contribution in [1.82, 2.24) is 20.7 Å². The van der Waals surface area contributed by atoms with Gasteiger partial charge in [0.25, 0.3) is 0 Å². The van der Waals surface area contributed by atoms with Crippen LogP contribution in [0.4, 0.5) is 0 Å². The average Bonchev–Trinajstić information content (AvgIpc) is 3.40. The Kier molecular flexibility index (Phi) is 11.6. The van der Waals surface area contributed by atoms with Gasteiger partial charge in [0.15, 0.2) is 4.99 Å². The maximum Gasteiger partial charge on any atom is 0.227 e. The Labute approximate surface area is 252 Å². The predicted octanol–water partition coefficient (Wildman–Crippen LogP) is 8.21. The Hall–Kier alpha value is -0.790. The van der Waals surface area contributed by atoms with Crippen LogP contribution in [-0.2, 0) is 4.79 Å². The van der Waals surface area contributed by atoms with Gasteiger partial charge in [0.2, 0.25) is 5.91 Å². The van der Waals surface area contributed by atoms with Crippen LogP contribution in [0.15, 0.2) is 24.3 Å². The molecule has 2 aliphatic carbocycles. The number of hydrogen-bond donors (Lipinski definition) is 4. The van der Waals surface area contributed by atoms with E-state index in [9.17, 15) is 4.79 Å². The van der Waals surface area contributed by atoms with E-state index in [-0.39, 0.29) is 23.4 Å². The van der Waals surface area contributed by atoms with Crippen molar-refractivity contribution >= 4 is 29.5 Å². The van der Waals surface area contributed by atoms with E-state index >= 15 is 0 Å². The fourth-order valence-corrected chi connectivity index (χ4v) is 9.45. The molecule has 0 bridgehead atoms. The fourth-order valence-electron chi connectivity index (χ4n) is 8.02. The van der Waals surface area contributed by atoms with Crippen molar-refractivity contribution in [3.05, 3.63) is 34.9 Å². The molecule has 2 saturated carbocycles. The molecule has 1 amide bonds. The van der Waals surface area contributed by atoms with E-state index in [1.54, 1.807) is 11.9 Å². The third-order valence-electron chi connectivity index (χ3n) is 10.4. The van der Waals surface area contributed by atoms with Crippen molar-refractivity contribution in [3.8, 4) is 0 Å². The zero-order valence-corrected chi connectivity index (χ0v) is 26.2. The van der Waals surface area contributed by atoms with Crippen LogP contribution in [0.3, 0.4) is 0 Å². The Morgan fingerprint density at radius 3 is 2.12 bits per heavy atom. The molecule has 40 heavy (non-hydrogen) atoms. The second-order valence-electron chi connectivity index (χ2n) is 13.2. The SMILES string of the molecule is O=C(NC1(C2CCCCCCCCC2)NC(c2cccc(Cl)c2)NS1)C1CNCCC12CCCCCCCCC2. The van der Waals surface area contributed by atoms with Gasteiger partial charge in [-0.25, -0.2) is 4.72 Å². The Balaban J connectivity index is 1.39. The quantitative estimate of drug-likeness (QED) is 0.267.